The molecule has 0 aliphatic heterocycles. The van der Waals surface area contributed by atoms with E-state index in [2.05, 4.69) is 0 Å². The van der Waals surface area contributed by atoms with Gasteiger partial charge in [0.25, 0.3) is 0 Å². The van der Waals surface area contributed by atoms with E-state index in [-0.39, 0.29) is 55.7 Å². The van der Waals surface area contributed by atoms with E-state index in [1.54, 1.807) is 0 Å². The molecular formula is HMgO2Ti+3. The van der Waals surface area contributed by atoms with Crippen LogP contribution in [-0.2, 0) is 27.2 Å². The first kappa shape index (κ1) is 53.3. The molecule has 16 valence electrons. The molecule has 0 rings (SSSR count). The first-order valence-electron chi connectivity index (χ1n) is 0. The van der Waals surface area contributed by atoms with Gasteiger partial charge in [0.15, 0.2) is 0 Å². The minimum Gasteiger partial charge on any atom is -2.00 e. The van der Waals surface area contributed by atoms with Crippen LogP contribution < -0.4 is 0 Å². The molecule has 4 heteroatoms. The fourth-order valence-electron chi connectivity index (χ4n) is 0. The van der Waals surface area contributed by atoms with E-state index in [0.717, 1.165) is 0 Å². The molecule has 0 aromatic rings. The van der Waals surface area contributed by atoms with Crippen molar-refractivity contribution in [1.82, 2.24) is 0 Å². The third kappa shape index (κ3) is 9.99. The average molecular weight is 105 g/mol. The van der Waals surface area contributed by atoms with Crippen molar-refractivity contribution in [2.45, 2.75) is 0 Å². The van der Waals surface area contributed by atoms with E-state index in [9.17, 15) is 0 Å². The SMILES string of the molecule is [Mg+2].[O-2].[OH-].[Ti+4]. The number of rotatable bonds is 0. The van der Waals surface area contributed by atoms with E-state index in [1.807, 2.05) is 0 Å². The molecule has 0 bridgehead atoms. The van der Waals surface area contributed by atoms with Crippen LogP contribution >= 0.6 is 0 Å². The molecule has 0 aromatic carbocycles. The Bertz CT molecular complexity index is 6.00. The molecule has 0 fully saturated rings. The summed E-state index contributed by atoms with van der Waals surface area (Å²) in [4.78, 5) is 0. The van der Waals surface area contributed by atoms with E-state index >= 15 is 0 Å². The third-order valence-corrected chi connectivity index (χ3v) is 0. The maximum Gasteiger partial charge on any atom is 4.00 e. The molecule has 0 aliphatic rings. The molecule has 0 saturated carbocycles. The van der Waals surface area contributed by atoms with E-state index in [4.69, 9.17) is 0 Å². The zero-order valence-corrected chi connectivity index (χ0v) is 5.04. The van der Waals surface area contributed by atoms with Crippen molar-refractivity contribution in [2.24, 2.45) is 0 Å². The van der Waals surface area contributed by atoms with Crippen LogP contribution in [0.1, 0.15) is 0 Å². The van der Waals surface area contributed by atoms with Crippen LogP contribution in [0.25, 0.3) is 0 Å². The summed E-state index contributed by atoms with van der Waals surface area (Å²) in [6, 6.07) is 0. The Labute approximate surface area is 55.6 Å². The van der Waals surface area contributed by atoms with Crippen LogP contribution in [0.15, 0.2) is 0 Å². The van der Waals surface area contributed by atoms with E-state index < -0.39 is 0 Å². The van der Waals surface area contributed by atoms with Gasteiger partial charge in [0.05, 0.1) is 0 Å². The average Bonchev–Trinajstić information content (AvgIpc) is 0. The predicted octanol–water partition coefficient (Wildman–Crippen LogP) is -0.679. The minimum atomic E-state index is 0. The van der Waals surface area contributed by atoms with Gasteiger partial charge in [-0.05, 0) is 0 Å². The van der Waals surface area contributed by atoms with Gasteiger partial charge in [-0.1, -0.05) is 0 Å². The van der Waals surface area contributed by atoms with Crippen molar-refractivity contribution in [2.75, 3.05) is 0 Å². The van der Waals surface area contributed by atoms with Gasteiger partial charge in [0.1, 0.15) is 0 Å². The zero-order valence-electron chi connectivity index (χ0n) is 2.06. The summed E-state index contributed by atoms with van der Waals surface area (Å²) >= 11 is 0. The molecule has 0 aliphatic carbocycles. The zero-order chi connectivity index (χ0) is 0. The topological polar surface area (TPSA) is 58.5 Å². The minimum absolute atomic E-state index is 0. The van der Waals surface area contributed by atoms with Gasteiger partial charge in [-0.2, -0.15) is 0 Å². The number of hydrogen-bond donors (Lipinski definition) is 0. The van der Waals surface area contributed by atoms with Gasteiger partial charge in [-0.3, -0.25) is 0 Å². The Balaban J connectivity index is 0. The van der Waals surface area contributed by atoms with Crippen LogP contribution in [-0.4, -0.2) is 28.5 Å². The molecule has 0 atom stereocenters. The summed E-state index contributed by atoms with van der Waals surface area (Å²) in [5.41, 5.74) is 0. The second kappa shape index (κ2) is 25.9. The molecule has 0 aromatic heterocycles. The standard InChI is InChI=1S/Mg.H2O.O.Ti/h;1H2;;/q+2;;-2;+4/p-1. The van der Waals surface area contributed by atoms with Crippen LogP contribution in [0.2, 0.25) is 0 Å². The van der Waals surface area contributed by atoms with Gasteiger partial charge >= 0.3 is 44.8 Å². The largest absolute Gasteiger partial charge is 4.00 e. The monoisotopic (exact) mass is 105 g/mol. The van der Waals surface area contributed by atoms with Crippen LogP contribution in [0, 0.1) is 0 Å². The summed E-state index contributed by atoms with van der Waals surface area (Å²) in [6.07, 6.45) is 0. The summed E-state index contributed by atoms with van der Waals surface area (Å²) in [5, 5.41) is 0. The Hall–Kier alpha value is 1.40. The third-order valence-electron chi connectivity index (χ3n) is 0. The molecule has 0 spiro atoms. The van der Waals surface area contributed by atoms with Crippen molar-refractivity contribution in [1.29, 1.82) is 0 Å². The molecule has 0 amide bonds. The van der Waals surface area contributed by atoms with E-state index in [1.165, 1.54) is 0 Å². The van der Waals surface area contributed by atoms with Crippen molar-refractivity contribution in [3.63, 3.8) is 0 Å². The summed E-state index contributed by atoms with van der Waals surface area (Å²) in [5.74, 6) is 0. The Morgan fingerprint density at radius 3 is 1.00 bits per heavy atom. The Morgan fingerprint density at radius 2 is 1.00 bits per heavy atom. The molecule has 4 heavy (non-hydrogen) atoms. The maximum absolute atomic E-state index is 0. The van der Waals surface area contributed by atoms with Gasteiger partial charge in [0, 0.05) is 0 Å². The van der Waals surface area contributed by atoms with Crippen molar-refractivity contribution < 1.29 is 32.7 Å². The van der Waals surface area contributed by atoms with Crippen LogP contribution in [0.5, 0.6) is 0 Å². The van der Waals surface area contributed by atoms with Crippen molar-refractivity contribution >= 4 is 23.1 Å². The predicted molar refractivity (Wildman–Crippen MR) is 8.38 cm³/mol. The maximum atomic E-state index is 0. The summed E-state index contributed by atoms with van der Waals surface area (Å²) < 4.78 is 0. The molecule has 0 unspecified atom stereocenters. The summed E-state index contributed by atoms with van der Waals surface area (Å²) in [6.45, 7) is 0. The molecule has 0 radical (unpaired) electrons. The molecule has 0 heterocycles. The van der Waals surface area contributed by atoms with E-state index in [0.29, 0.717) is 0 Å². The van der Waals surface area contributed by atoms with Crippen LogP contribution in [0.4, 0.5) is 0 Å². The normalized spacial score (nSPS) is 0. The van der Waals surface area contributed by atoms with Gasteiger partial charge in [0.2, 0.25) is 0 Å². The number of hydrogen-bond acceptors (Lipinski definition) is 1. The van der Waals surface area contributed by atoms with Gasteiger partial charge in [-0.25, -0.2) is 0 Å². The first-order valence-corrected chi connectivity index (χ1v) is 0. The van der Waals surface area contributed by atoms with Gasteiger partial charge < -0.3 is 11.0 Å². The first-order chi connectivity index (χ1) is 0. The molecule has 2 nitrogen and oxygen atoms in total. The van der Waals surface area contributed by atoms with Crippen LogP contribution in [0.3, 0.4) is 0 Å². The second-order valence-corrected chi connectivity index (χ2v) is 0. The van der Waals surface area contributed by atoms with Crippen molar-refractivity contribution in [3.8, 4) is 0 Å². The molecule has 0 saturated heterocycles. The van der Waals surface area contributed by atoms with Gasteiger partial charge in [-0.15, -0.1) is 0 Å². The summed E-state index contributed by atoms with van der Waals surface area (Å²) in [7, 11) is 0. The molecule has 1 N–H and O–H groups in total. The Morgan fingerprint density at radius 1 is 1.00 bits per heavy atom. The fraction of sp³-hybridized carbons (Fsp3) is 0. The smallest absolute Gasteiger partial charge is 2.00 e. The quantitative estimate of drug-likeness (QED) is 0.376. The Kier molecular flexibility index (Phi) is 346. The second-order valence-electron chi connectivity index (χ2n) is 0. The van der Waals surface area contributed by atoms with Crippen molar-refractivity contribution in [3.05, 3.63) is 0 Å². The molecular weight excluding hydrogens is 104 g/mol. The fourth-order valence-corrected chi connectivity index (χ4v) is 0.